The fourth-order valence-corrected chi connectivity index (χ4v) is 3.05. The molecule has 0 aliphatic heterocycles. The van der Waals surface area contributed by atoms with Crippen LogP contribution in [0.4, 0.5) is 0 Å². The number of halogens is 2. The molecule has 0 aliphatic rings. The lowest BCUT2D eigenvalue weighted by Crippen LogP contribution is -2.14. The Balaban J connectivity index is 2.61. The van der Waals surface area contributed by atoms with Gasteiger partial charge in [-0.05, 0) is 34.0 Å². The van der Waals surface area contributed by atoms with E-state index < -0.39 is 0 Å². The maximum atomic E-state index is 11.8. The Kier molecular flexibility index (Phi) is 3.70. The first-order valence-electron chi connectivity index (χ1n) is 5.04. The van der Waals surface area contributed by atoms with Crippen LogP contribution in [0.25, 0.3) is 10.7 Å². The van der Waals surface area contributed by atoms with Crippen molar-refractivity contribution in [2.24, 2.45) is 0 Å². The maximum Gasteiger partial charge on any atom is 0.265 e. The first-order valence-corrected chi connectivity index (χ1v) is 7.03. The van der Waals surface area contributed by atoms with Gasteiger partial charge in [-0.15, -0.1) is 11.3 Å². The summed E-state index contributed by atoms with van der Waals surface area (Å²) < 4.78 is 1.18. The molecule has 6 heteroatoms. The highest BCUT2D eigenvalue weighted by molar-refractivity contribution is 9.10. The molecule has 0 saturated heterocycles. The van der Waals surface area contributed by atoms with Crippen molar-refractivity contribution in [1.82, 2.24) is 9.97 Å². The summed E-state index contributed by atoms with van der Waals surface area (Å²) in [7, 11) is 0. The summed E-state index contributed by atoms with van der Waals surface area (Å²) in [6.45, 7) is 4.00. The second-order valence-corrected chi connectivity index (χ2v) is 6.38. The molecule has 0 amide bonds. The van der Waals surface area contributed by atoms with Crippen molar-refractivity contribution in [2.45, 2.75) is 19.8 Å². The van der Waals surface area contributed by atoms with Crippen molar-refractivity contribution in [1.29, 1.82) is 0 Å². The molecule has 0 aromatic carbocycles. The lowest BCUT2D eigenvalue weighted by molar-refractivity contribution is 0.804. The minimum absolute atomic E-state index is 0.164. The van der Waals surface area contributed by atoms with Gasteiger partial charge in [0.15, 0.2) is 5.82 Å². The molecule has 0 atom stereocenters. The van der Waals surface area contributed by atoms with Crippen molar-refractivity contribution < 1.29 is 0 Å². The van der Waals surface area contributed by atoms with E-state index in [1.165, 1.54) is 11.3 Å². The van der Waals surface area contributed by atoms with Gasteiger partial charge < -0.3 is 4.98 Å². The van der Waals surface area contributed by atoms with Gasteiger partial charge in [-0.1, -0.05) is 25.4 Å². The Bertz CT molecular complexity index is 606. The van der Waals surface area contributed by atoms with Crippen LogP contribution < -0.4 is 5.56 Å². The van der Waals surface area contributed by atoms with Gasteiger partial charge in [0.25, 0.3) is 5.56 Å². The predicted octanol–water partition coefficient (Wildman–Crippen LogP) is 4.04. The van der Waals surface area contributed by atoms with Gasteiger partial charge in [-0.2, -0.15) is 0 Å². The lowest BCUT2D eigenvalue weighted by atomic mass is 10.1. The number of rotatable bonds is 2. The van der Waals surface area contributed by atoms with E-state index in [0.29, 0.717) is 14.6 Å². The van der Waals surface area contributed by atoms with E-state index >= 15 is 0 Å². The quantitative estimate of drug-likeness (QED) is 0.901. The van der Waals surface area contributed by atoms with Crippen molar-refractivity contribution in [3.63, 3.8) is 0 Å². The molecule has 0 radical (unpaired) electrons. The monoisotopic (exact) mass is 332 g/mol. The molecule has 3 nitrogen and oxygen atoms in total. The first-order chi connectivity index (χ1) is 7.99. The number of nitrogens with zero attached hydrogens (tertiary/aromatic N) is 1. The zero-order valence-electron chi connectivity index (χ0n) is 9.25. The Hall–Kier alpha value is -0.650. The van der Waals surface area contributed by atoms with Crippen molar-refractivity contribution >= 4 is 38.9 Å². The Morgan fingerprint density at radius 1 is 1.47 bits per heavy atom. The number of H-pyrrole nitrogens is 1. The third kappa shape index (κ3) is 2.61. The average Bonchev–Trinajstić information content (AvgIpc) is 2.68. The van der Waals surface area contributed by atoms with Crippen LogP contribution >= 0.6 is 38.9 Å². The molecule has 0 saturated carbocycles. The van der Waals surface area contributed by atoms with Crippen LogP contribution in [0.5, 0.6) is 0 Å². The molecule has 0 aliphatic carbocycles. The second-order valence-electron chi connectivity index (χ2n) is 3.87. The van der Waals surface area contributed by atoms with Crippen molar-refractivity contribution in [3.05, 3.63) is 37.0 Å². The van der Waals surface area contributed by atoms with E-state index in [1.807, 2.05) is 19.9 Å². The smallest absolute Gasteiger partial charge is 0.265 e. The molecular weight excluding hydrogens is 324 g/mol. The van der Waals surface area contributed by atoms with Crippen LogP contribution in [-0.2, 0) is 0 Å². The predicted molar refractivity (Wildman–Crippen MR) is 75.0 cm³/mol. The summed E-state index contributed by atoms with van der Waals surface area (Å²) in [4.78, 5) is 19.8. The summed E-state index contributed by atoms with van der Waals surface area (Å²) in [6.07, 6.45) is 0. The van der Waals surface area contributed by atoms with Crippen LogP contribution in [0, 0.1) is 0 Å². The maximum absolute atomic E-state index is 11.8. The Labute approximate surface area is 116 Å². The van der Waals surface area contributed by atoms with Gasteiger partial charge >= 0.3 is 0 Å². The molecule has 0 spiro atoms. The summed E-state index contributed by atoms with van der Waals surface area (Å²) in [6, 6.07) is 3.64. The minimum Gasteiger partial charge on any atom is -0.305 e. The van der Waals surface area contributed by atoms with Crippen LogP contribution in [0.2, 0.25) is 4.34 Å². The van der Waals surface area contributed by atoms with Gasteiger partial charge in [-0.3, -0.25) is 4.79 Å². The molecule has 2 aromatic rings. The molecule has 17 heavy (non-hydrogen) atoms. The highest BCUT2D eigenvalue weighted by atomic mass is 79.9. The highest BCUT2D eigenvalue weighted by Gasteiger charge is 2.14. The van der Waals surface area contributed by atoms with E-state index in [9.17, 15) is 4.79 Å². The third-order valence-electron chi connectivity index (χ3n) is 2.24. The molecular formula is C11H10BrClN2OS. The van der Waals surface area contributed by atoms with Gasteiger partial charge in [0.1, 0.15) is 4.47 Å². The van der Waals surface area contributed by atoms with Gasteiger partial charge in [-0.25, -0.2) is 4.98 Å². The number of aromatic nitrogens is 2. The Morgan fingerprint density at radius 3 is 2.71 bits per heavy atom. The molecule has 2 rings (SSSR count). The zero-order chi connectivity index (χ0) is 12.6. The summed E-state index contributed by atoms with van der Waals surface area (Å²) in [5.74, 6) is 0.750. The van der Waals surface area contributed by atoms with Crippen LogP contribution in [0.15, 0.2) is 21.4 Å². The van der Waals surface area contributed by atoms with Crippen LogP contribution in [0.1, 0.15) is 25.5 Å². The van der Waals surface area contributed by atoms with Crippen LogP contribution in [0.3, 0.4) is 0 Å². The van der Waals surface area contributed by atoms with Gasteiger partial charge in [0, 0.05) is 0 Å². The fraction of sp³-hybridized carbons (Fsp3) is 0.273. The molecule has 0 bridgehead atoms. The van der Waals surface area contributed by atoms with Crippen molar-refractivity contribution in [2.75, 3.05) is 0 Å². The third-order valence-corrected chi connectivity index (χ3v) is 4.25. The number of thiophene rings is 1. The number of nitrogens with one attached hydrogen (secondary N) is 1. The van der Waals surface area contributed by atoms with Gasteiger partial charge in [0.05, 0.1) is 14.9 Å². The molecule has 1 N–H and O–H groups in total. The van der Waals surface area contributed by atoms with E-state index in [-0.39, 0.29) is 11.5 Å². The van der Waals surface area contributed by atoms with E-state index in [2.05, 4.69) is 25.9 Å². The number of aromatic amines is 1. The standard InChI is InChI=1S/C11H10BrClN2OS/c1-5(2)9-8(12)11(16)15-10(14-9)6-3-4-7(13)17-6/h3-5H,1-2H3,(H,14,15,16). The second kappa shape index (κ2) is 4.92. The molecule has 90 valence electrons. The molecule has 2 heterocycles. The van der Waals surface area contributed by atoms with Crippen LogP contribution in [-0.4, -0.2) is 9.97 Å². The topological polar surface area (TPSA) is 45.8 Å². The highest BCUT2D eigenvalue weighted by Crippen LogP contribution is 2.29. The Morgan fingerprint density at radius 2 is 2.18 bits per heavy atom. The first kappa shape index (κ1) is 12.8. The lowest BCUT2D eigenvalue weighted by Gasteiger charge is -2.08. The van der Waals surface area contributed by atoms with Gasteiger partial charge in [0.2, 0.25) is 0 Å². The SMILES string of the molecule is CC(C)c1nc(-c2ccc(Cl)s2)[nH]c(=O)c1Br. The minimum atomic E-state index is -0.164. The van der Waals surface area contributed by atoms with E-state index in [1.54, 1.807) is 6.07 Å². The summed E-state index contributed by atoms with van der Waals surface area (Å²) in [5, 5.41) is 0. The van der Waals surface area contributed by atoms with Crippen molar-refractivity contribution in [3.8, 4) is 10.7 Å². The molecule has 0 unspecified atom stereocenters. The van der Waals surface area contributed by atoms with E-state index in [0.717, 1.165) is 10.6 Å². The number of hydrogen-bond donors (Lipinski definition) is 1. The zero-order valence-corrected chi connectivity index (χ0v) is 12.4. The van der Waals surface area contributed by atoms with E-state index in [4.69, 9.17) is 11.6 Å². The summed E-state index contributed by atoms with van der Waals surface area (Å²) in [5.41, 5.74) is 0.594. The fourth-order valence-electron chi connectivity index (χ4n) is 1.42. The summed E-state index contributed by atoms with van der Waals surface area (Å²) >= 11 is 10.5. The largest absolute Gasteiger partial charge is 0.305 e. The number of hydrogen-bond acceptors (Lipinski definition) is 3. The molecule has 2 aromatic heterocycles. The normalized spacial score (nSPS) is 11.1. The average molecular weight is 334 g/mol. The molecule has 0 fully saturated rings.